The van der Waals surface area contributed by atoms with Crippen LogP contribution in [0.3, 0.4) is 0 Å². The van der Waals surface area contributed by atoms with Crippen LogP contribution in [0.2, 0.25) is 0 Å². The summed E-state index contributed by atoms with van der Waals surface area (Å²) in [5.41, 5.74) is 10.7. The molecule has 5 rings (SSSR count). The average Bonchev–Trinajstić information content (AvgIpc) is 3.20. The summed E-state index contributed by atoms with van der Waals surface area (Å²) in [6, 6.07) is 32.9. The van der Waals surface area contributed by atoms with E-state index in [1.165, 1.54) is 46.1 Å². The van der Waals surface area contributed by atoms with E-state index in [1.807, 2.05) is 24.3 Å². The molecule has 0 aliphatic heterocycles. The Labute approximate surface area is 262 Å². The Morgan fingerprint density at radius 3 is 2.25 bits per heavy atom. The van der Waals surface area contributed by atoms with Crippen LogP contribution in [0.15, 0.2) is 91.0 Å². The molecule has 0 amide bonds. The van der Waals surface area contributed by atoms with Crippen molar-refractivity contribution in [2.75, 3.05) is 33.9 Å². The lowest BCUT2D eigenvalue weighted by Gasteiger charge is -2.31. The van der Waals surface area contributed by atoms with E-state index >= 15 is 0 Å². The molecule has 3 unspecified atom stereocenters. The number of methoxy groups -OCH3 is 1. The van der Waals surface area contributed by atoms with E-state index in [2.05, 4.69) is 92.5 Å². The summed E-state index contributed by atoms with van der Waals surface area (Å²) in [5, 5.41) is 0. The van der Waals surface area contributed by atoms with Gasteiger partial charge in [-0.05, 0) is 84.8 Å². The number of carbonyl (C=O) groups excluding carboxylic acids is 1. The molecule has 1 aliphatic carbocycles. The normalized spacial score (nSPS) is 15.5. The standard InChI is InChI=1S/C39H45NO4/c1-6-43-39(41)37(42-5)25-29-13-18-34(19-14-29)44-23-22-40(4)38-35-20-12-27(2)24-32(35)15-16-33-26-31(17-21-36(33)38)28(3)30-10-8-7-9-11-30/h7-14,17-21,24,26,28,37-38H,6,15-16,22-23,25H2,1-5H3. The Morgan fingerprint density at radius 1 is 0.886 bits per heavy atom. The number of carbonyl (C=O) groups is 1. The first-order valence-electron chi connectivity index (χ1n) is 15.8. The molecule has 4 aromatic rings. The fraction of sp³-hybridized carbons (Fsp3) is 0.359. The fourth-order valence-electron chi connectivity index (χ4n) is 6.31. The molecule has 0 saturated heterocycles. The van der Waals surface area contributed by atoms with E-state index in [0.29, 0.717) is 25.6 Å². The van der Waals surface area contributed by atoms with Gasteiger partial charge in [-0.15, -0.1) is 0 Å². The van der Waals surface area contributed by atoms with Crippen molar-refractivity contribution in [3.63, 3.8) is 0 Å². The minimum atomic E-state index is -0.609. The first-order chi connectivity index (χ1) is 21.4. The van der Waals surface area contributed by atoms with Crippen molar-refractivity contribution in [3.05, 3.63) is 136 Å². The van der Waals surface area contributed by atoms with Gasteiger partial charge >= 0.3 is 5.97 Å². The van der Waals surface area contributed by atoms with Crippen LogP contribution >= 0.6 is 0 Å². The smallest absolute Gasteiger partial charge is 0.335 e. The number of benzene rings is 4. The molecule has 1 aliphatic rings. The van der Waals surface area contributed by atoms with Gasteiger partial charge in [0.05, 0.1) is 12.6 Å². The van der Waals surface area contributed by atoms with Crippen molar-refractivity contribution in [1.82, 2.24) is 4.90 Å². The largest absolute Gasteiger partial charge is 0.492 e. The Kier molecular flexibility index (Phi) is 10.5. The van der Waals surface area contributed by atoms with Gasteiger partial charge in [0.25, 0.3) is 0 Å². The zero-order valence-corrected chi connectivity index (χ0v) is 26.7. The molecule has 3 atom stereocenters. The van der Waals surface area contributed by atoms with E-state index in [9.17, 15) is 4.79 Å². The summed E-state index contributed by atoms with van der Waals surface area (Å²) < 4.78 is 16.7. The number of nitrogens with zero attached hydrogens (tertiary/aromatic N) is 1. The maximum atomic E-state index is 12.1. The number of ether oxygens (including phenoxy) is 3. The molecule has 0 saturated carbocycles. The molecule has 230 valence electrons. The quantitative estimate of drug-likeness (QED) is 0.160. The molecular weight excluding hydrogens is 546 g/mol. The van der Waals surface area contributed by atoms with Crippen LogP contribution in [0.25, 0.3) is 0 Å². The van der Waals surface area contributed by atoms with E-state index in [0.717, 1.165) is 30.7 Å². The first-order valence-corrected chi connectivity index (χ1v) is 15.8. The average molecular weight is 592 g/mol. The minimum Gasteiger partial charge on any atom is -0.492 e. The summed E-state index contributed by atoms with van der Waals surface area (Å²) in [6.07, 6.45) is 1.93. The van der Waals surface area contributed by atoms with Crippen LogP contribution in [0.5, 0.6) is 5.75 Å². The van der Waals surface area contributed by atoms with Crippen molar-refractivity contribution in [1.29, 1.82) is 0 Å². The van der Waals surface area contributed by atoms with Crippen LogP contribution in [0.1, 0.15) is 70.3 Å². The summed E-state index contributed by atoms with van der Waals surface area (Å²) in [7, 11) is 3.74. The number of fused-ring (bicyclic) bond motifs is 2. The van der Waals surface area contributed by atoms with E-state index in [-0.39, 0.29) is 12.0 Å². The Bertz CT molecular complexity index is 1530. The minimum absolute atomic E-state index is 0.156. The predicted octanol–water partition coefficient (Wildman–Crippen LogP) is 7.47. The first kappa shape index (κ1) is 31.5. The SMILES string of the molecule is CCOC(=O)C(Cc1ccc(OCCN(C)C2c3ccc(C)cc3CCc3cc(C(C)c4ccccc4)ccc32)cc1)OC. The molecule has 0 heterocycles. The second-order valence-electron chi connectivity index (χ2n) is 11.8. The third kappa shape index (κ3) is 7.40. The van der Waals surface area contributed by atoms with Gasteiger partial charge in [0.1, 0.15) is 12.4 Å². The highest BCUT2D eigenvalue weighted by Gasteiger charge is 2.28. The van der Waals surface area contributed by atoms with Crippen LogP contribution in [-0.2, 0) is 33.5 Å². The molecule has 5 nitrogen and oxygen atoms in total. The molecule has 0 N–H and O–H groups in total. The number of likely N-dealkylation sites (N-methyl/N-ethyl adjacent to an activating group) is 1. The van der Waals surface area contributed by atoms with E-state index in [1.54, 1.807) is 6.92 Å². The van der Waals surface area contributed by atoms with Gasteiger partial charge in [-0.25, -0.2) is 4.79 Å². The molecule has 0 aromatic heterocycles. The monoisotopic (exact) mass is 591 g/mol. The number of esters is 1. The van der Waals surface area contributed by atoms with Gasteiger partial charge in [-0.2, -0.15) is 0 Å². The maximum Gasteiger partial charge on any atom is 0.335 e. The Morgan fingerprint density at radius 2 is 1.57 bits per heavy atom. The van der Waals surface area contributed by atoms with Crippen LogP contribution in [-0.4, -0.2) is 50.9 Å². The summed E-state index contributed by atoms with van der Waals surface area (Å²) >= 11 is 0. The highest BCUT2D eigenvalue weighted by molar-refractivity contribution is 5.75. The molecule has 0 fully saturated rings. The Hall–Kier alpha value is -3.93. The van der Waals surface area contributed by atoms with E-state index in [4.69, 9.17) is 14.2 Å². The van der Waals surface area contributed by atoms with Gasteiger partial charge in [0.2, 0.25) is 0 Å². The third-order valence-electron chi connectivity index (χ3n) is 8.85. The lowest BCUT2D eigenvalue weighted by Crippen LogP contribution is -2.30. The number of rotatable bonds is 12. The molecular formula is C39H45NO4. The number of hydrogen-bond donors (Lipinski definition) is 0. The van der Waals surface area contributed by atoms with E-state index < -0.39 is 6.10 Å². The second-order valence-corrected chi connectivity index (χ2v) is 11.8. The predicted molar refractivity (Wildman–Crippen MR) is 177 cm³/mol. The van der Waals surface area contributed by atoms with Crippen molar-refractivity contribution in [2.45, 2.75) is 58.1 Å². The van der Waals surface area contributed by atoms with Crippen molar-refractivity contribution >= 4 is 5.97 Å². The summed E-state index contributed by atoms with van der Waals surface area (Å²) in [6.45, 7) is 7.96. The zero-order valence-electron chi connectivity index (χ0n) is 26.7. The van der Waals surface area contributed by atoms with Crippen LogP contribution in [0.4, 0.5) is 0 Å². The topological polar surface area (TPSA) is 48.0 Å². The second kappa shape index (κ2) is 14.7. The fourth-order valence-corrected chi connectivity index (χ4v) is 6.31. The van der Waals surface area contributed by atoms with Gasteiger partial charge < -0.3 is 14.2 Å². The van der Waals surface area contributed by atoms with Crippen molar-refractivity contribution in [2.24, 2.45) is 0 Å². The molecule has 5 heteroatoms. The summed E-state index contributed by atoms with van der Waals surface area (Å²) in [5.74, 6) is 0.817. The lowest BCUT2D eigenvalue weighted by atomic mass is 9.87. The van der Waals surface area contributed by atoms with Gasteiger partial charge in [-0.1, -0.05) is 91.3 Å². The molecule has 44 heavy (non-hydrogen) atoms. The maximum absolute atomic E-state index is 12.1. The highest BCUT2D eigenvalue weighted by Crippen LogP contribution is 2.38. The molecule has 0 bridgehead atoms. The zero-order chi connectivity index (χ0) is 31.1. The van der Waals surface area contributed by atoms with Crippen LogP contribution < -0.4 is 4.74 Å². The number of aryl methyl sites for hydroxylation is 3. The van der Waals surface area contributed by atoms with Gasteiger partial charge in [-0.3, -0.25) is 4.90 Å². The molecule has 0 spiro atoms. The van der Waals surface area contributed by atoms with Crippen molar-refractivity contribution in [3.8, 4) is 5.75 Å². The summed E-state index contributed by atoms with van der Waals surface area (Å²) in [4.78, 5) is 14.5. The lowest BCUT2D eigenvalue weighted by molar-refractivity contribution is -0.154. The highest BCUT2D eigenvalue weighted by atomic mass is 16.6. The Balaban J connectivity index is 1.30. The van der Waals surface area contributed by atoms with Crippen LogP contribution in [0, 0.1) is 6.92 Å². The van der Waals surface area contributed by atoms with Gasteiger partial charge in [0, 0.05) is 26.0 Å². The molecule has 4 aromatic carbocycles. The van der Waals surface area contributed by atoms with Crippen molar-refractivity contribution < 1.29 is 19.0 Å². The van der Waals surface area contributed by atoms with Gasteiger partial charge in [0.15, 0.2) is 6.10 Å². The molecule has 0 radical (unpaired) electrons. The number of hydrogen-bond acceptors (Lipinski definition) is 5. The third-order valence-corrected chi connectivity index (χ3v) is 8.85.